The van der Waals surface area contributed by atoms with Crippen molar-refractivity contribution in [2.24, 2.45) is 0 Å². The largest absolute Gasteiger partial charge is 0.457 e. The number of non-ortho nitro benzene ring substituents is 1. The van der Waals surface area contributed by atoms with Crippen LogP contribution < -0.4 is 10.4 Å². The quantitative estimate of drug-likeness (QED) is 0.181. The molecule has 1 aliphatic rings. The molecule has 2 aromatic carbocycles. The van der Waals surface area contributed by atoms with Gasteiger partial charge in [-0.1, -0.05) is 17.7 Å². The number of nitrogens with zero attached hydrogens (tertiary/aromatic N) is 2. The molecule has 1 aromatic heterocycles. The number of carbonyl (C=O) groups is 2. The Labute approximate surface area is 203 Å². The molecule has 1 fully saturated rings. The Morgan fingerprint density at radius 1 is 1.12 bits per heavy atom. The summed E-state index contributed by atoms with van der Waals surface area (Å²) >= 11 is 12.8. The summed E-state index contributed by atoms with van der Waals surface area (Å²) in [6.07, 6.45) is 1.34. The third kappa shape index (κ3) is 4.08. The van der Waals surface area contributed by atoms with E-state index in [0.717, 1.165) is 10.6 Å². The fraction of sp³-hybridized carbons (Fsp3) is 0.0476. The number of hydrogen-bond acceptors (Lipinski definition) is 5. The van der Waals surface area contributed by atoms with Crippen molar-refractivity contribution in [3.63, 3.8) is 0 Å². The average molecular weight is 582 g/mol. The normalized spacial score (nSPS) is 14.9. The van der Waals surface area contributed by atoms with E-state index in [1.807, 2.05) is 6.92 Å². The number of carbonyl (C=O) groups excluding carboxylic acids is 2. The summed E-state index contributed by atoms with van der Waals surface area (Å²) < 4.78 is 6.68. The van der Waals surface area contributed by atoms with Crippen molar-refractivity contribution < 1.29 is 18.9 Å². The summed E-state index contributed by atoms with van der Waals surface area (Å²) in [7, 11) is 0. The number of halogens is 3. The van der Waals surface area contributed by atoms with E-state index in [4.69, 9.17) is 16.0 Å². The lowest BCUT2D eigenvalue weighted by Crippen LogP contribution is -2.35. The van der Waals surface area contributed by atoms with Gasteiger partial charge in [-0.15, -0.1) is 0 Å². The van der Waals surface area contributed by atoms with Crippen LogP contribution in [0.25, 0.3) is 17.4 Å². The van der Waals surface area contributed by atoms with Crippen LogP contribution in [0.15, 0.2) is 61.4 Å². The predicted molar refractivity (Wildman–Crippen MR) is 126 cm³/mol. The Balaban J connectivity index is 1.65. The second-order valence-corrected chi connectivity index (χ2v) is 8.93. The van der Waals surface area contributed by atoms with E-state index in [9.17, 15) is 19.7 Å². The SMILES string of the molecule is Cc1ccc(N2NC(=O)/C(=C/c3ccc(-c4c(Br)cc([N+](=O)[O-])cc4Br)o3)C2=O)cc1Cl. The number of benzene rings is 2. The topological polar surface area (TPSA) is 106 Å². The highest BCUT2D eigenvalue weighted by atomic mass is 79.9. The van der Waals surface area contributed by atoms with Crippen molar-refractivity contribution in [1.82, 2.24) is 5.43 Å². The first-order chi connectivity index (χ1) is 15.2. The van der Waals surface area contributed by atoms with Crippen LogP contribution in [-0.4, -0.2) is 16.7 Å². The summed E-state index contributed by atoms with van der Waals surface area (Å²) in [5.41, 5.74) is 4.14. The number of furan rings is 1. The molecule has 2 heterocycles. The van der Waals surface area contributed by atoms with Crippen LogP contribution in [0.4, 0.5) is 11.4 Å². The maximum atomic E-state index is 12.8. The first-order valence-electron chi connectivity index (χ1n) is 9.02. The third-order valence-corrected chi connectivity index (χ3v) is 6.36. The molecule has 1 aliphatic heterocycles. The summed E-state index contributed by atoms with van der Waals surface area (Å²) in [6, 6.07) is 11.0. The van der Waals surface area contributed by atoms with E-state index < -0.39 is 16.7 Å². The molecule has 162 valence electrons. The zero-order chi connectivity index (χ0) is 23.2. The fourth-order valence-corrected chi connectivity index (χ4v) is 4.80. The van der Waals surface area contributed by atoms with Gasteiger partial charge in [-0.3, -0.25) is 25.1 Å². The molecule has 0 radical (unpaired) electrons. The molecular weight excluding hydrogens is 570 g/mol. The fourth-order valence-electron chi connectivity index (χ4n) is 3.07. The standard InChI is InChI=1S/C21H12Br2ClN3O5/c1-10-2-3-11(8-17(10)24)26-21(29)14(20(28)25-26)9-13-4-5-18(32-13)19-15(22)6-12(27(30)31)7-16(19)23/h2-9H,1H3,(H,25,28)/b14-9-. The van der Waals surface area contributed by atoms with Crippen LogP contribution in [0.3, 0.4) is 0 Å². The number of rotatable bonds is 4. The molecule has 0 saturated carbocycles. The maximum absolute atomic E-state index is 12.8. The van der Waals surface area contributed by atoms with Gasteiger partial charge in [0, 0.05) is 31.7 Å². The van der Waals surface area contributed by atoms with Crippen molar-refractivity contribution in [1.29, 1.82) is 0 Å². The second-order valence-electron chi connectivity index (χ2n) is 6.82. The van der Waals surface area contributed by atoms with Crippen LogP contribution in [0, 0.1) is 17.0 Å². The van der Waals surface area contributed by atoms with E-state index in [-0.39, 0.29) is 17.0 Å². The van der Waals surface area contributed by atoms with Gasteiger partial charge in [0.1, 0.15) is 17.1 Å². The summed E-state index contributed by atoms with van der Waals surface area (Å²) in [5.74, 6) is -0.481. The molecule has 0 unspecified atom stereocenters. The number of nitro benzene ring substituents is 1. The lowest BCUT2D eigenvalue weighted by molar-refractivity contribution is -0.385. The van der Waals surface area contributed by atoms with E-state index >= 15 is 0 Å². The van der Waals surface area contributed by atoms with Gasteiger partial charge < -0.3 is 4.42 Å². The van der Waals surface area contributed by atoms with Crippen LogP contribution in [-0.2, 0) is 9.59 Å². The minimum absolute atomic E-state index is 0.0917. The molecular formula is C21H12Br2ClN3O5. The summed E-state index contributed by atoms with van der Waals surface area (Å²) in [6.45, 7) is 1.83. The minimum atomic E-state index is -0.581. The third-order valence-electron chi connectivity index (χ3n) is 4.70. The Kier molecular flexibility index (Phi) is 5.93. The van der Waals surface area contributed by atoms with Crippen molar-refractivity contribution in [3.05, 3.63) is 83.4 Å². The number of hydrogen-bond donors (Lipinski definition) is 1. The van der Waals surface area contributed by atoms with Gasteiger partial charge in [-0.2, -0.15) is 0 Å². The highest BCUT2D eigenvalue weighted by Crippen LogP contribution is 2.39. The number of hydrazine groups is 1. The summed E-state index contributed by atoms with van der Waals surface area (Å²) in [5, 5.41) is 12.6. The van der Waals surface area contributed by atoms with Gasteiger partial charge in [0.25, 0.3) is 17.5 Å². The molecule has 0 aliphatic carbocycles. The lowest BCUT2D eigenvalue weighted by atomic mass is 10.1. The van der Waals surface area contributed by atoms with Gasteiger partial charge in [-0.25, -0.2) is 5.01 Å². The molecule has 32 heavy (non-hydrogen) atoms. The number of aryl methyl sites for hydroxylation is 1. The number of nitrogens with one attached hydrogen (secondary N) is 1. The highest BCUT2D eigenvalue weighted by molar-refractivity contribution is 9.11. The first kappa shape index (κ1) is 22.3. The zero-order valence-corrected chi connectivity index (χ0v) is 20.1. The van der Waals surface area contributed by atoms with Crippen molar-refractivity contribution in [2.45, 2.75) is 6.92 Å². The van der Waals surface area contributed by atoms with Crippen molar-refractivity contribution >= 4 is 72.7 Å². The van der Waals surface area contributed by atoms with E-state index in [0.29, 0.717) is 31.0 Å². The first-order valence-corrected chi connectivity index (χ1v) is 11.0. The summed E-state index contributed by atoms with van der Waals surface area (Å²) in [4.78, 5) is 35.8. The van der Waals surface area contributed by atoms with Crippen LogP contribution in [0.2, 0.25) is 5.02 Å². The van der Waals surface area contributed by atoms with Gasteiger partial charge in [-0.05, 0) is 74.7 Å². The Morgan fingerprint density at radius 2 is 1.81 bits per heavy atom. The Bertz CT molecular complexity index is 1310. The molecule has 0 atom stereocenters. The molecule has 0 spiro atoms. The molecule has 3 aromatic rings. The van der Waals surface area contributed by atoms with E-state index in [1.165, 1.54) is 18.2 Å². The molecule has 2 amide bonds. The molecule has 1 N–H and O–H groups in total. The Morgan fingerprint density at radius 3 is 2.44 bits per heavy atom. The lowest BCUT2D eigenvalue weighted by Gasteiger charge is -2.15. The van der Waals surface area contributed by atoms with Crippen molar-refractivity contribution in [2.75, 3.05) is 5.01 Å². The smallest absolute Gasteiger partial charge is 0.282 e. The number of nitro groups is 1. The van der Waals surface area contributed by atoms with E-state index in [1.54, 1.807) is 30.3 Å². The predicted octanol–water partition coefficient (Wildman–Crippen LogP) is 5.80. The van der Waals surface area contributed by atoms with Gasteiger partial charge >= 0.3 is 0 Å². The molecule has 4 rings (SSSR count). The van der Waals surface area contributed by atoms with E-state index in [2.05, 4.69) is 37.3 Å². The number of anilines is 1. The van der Waals surface area contributed by atoms with Gasteiger partial charge in [0.05, 0.1) is 10.6 Å². The minimum Gasteiger partial charge on any atom is -0.457 e. The van der Waals surface area contributed by atoms with Crippen molar-refractivity contribution in [3.8, 4) is 11.3 Å². The van der Waals surface area contributed by atoms with Gasteiger partial charge in [0.15, 0.2) is 0 Å². The van der Waals surface area contributed by atoms with Gasteiger partial charge in [0.2, 0.25) is 0 Å². The monoisotopic (exact) mass is 579 g/mol. The van der Waals surface area contributed by atoms with Crippen LogP contribution in [0.1, 0.15) is 11.3 Å². The van der Waals surface area contributed by atoms with Crippen LogP contribution in [0.5, 0.6) is 0 Å². The number of amides is 2. The molecule has 11 heteroatoms. The highest BCUT2D eigenvalue weighted by Gasteiger charge is 2.35. The second kappa shape index (κ2) is 8.53. The maximum Gasteiger partial charge on any atom is 0.282 e. The Hall–Kier alpha value is -2.95. The van der Waals surface area contributed by atoms with Crippen LogP contribution >= 0.6 is 43.5 Å². The molecule has 0 bridgehead atoms. The molecule has 1 saturated heterocycles. The molecule has 8 nitrogen and oxygen atoms in total. The average Bonchev–Trinajstić information content (AvgIpc) is 3.29. The zero-order valence-electron chi connectivity index (χ0n) is 16.2.